The molecule has 0 bridgehead atoms. The molecule has 0 aliphatic heterocycles. The van der Waals surface area contributed by atoms with E-state index in [1.807, 2.05) is 13.8 Å². The molecular formula is C12H18N6O2. The lowest BCUT2D eigenvalue weighted by Gasteiger charge is -2.03. The molecule has 0 spiro atoms. The molecule has 0 amide bonds. The number of aromatic nitrogens is 4. The van der Waals surface area contributed by atoms with Crippen molar-refractivity contribution in [1.82, 2.24) is 18.7 Å². The molecule has 2 heterocycles. The zero-order valence-electron chi connectivity index (χ0n) is 12.3. The number of aryl methyl sites for hydroxylation is 2. The standard InChI is InChI=1S/C12H18N6O2/c1-6-7(2)14-15-11-13-9-8(16(11)3)10(19)18(5)12(20)17(9)4/h6H2,1-5H3,(H,13,15)/b14-7-. The van der Waals surface area contributed by atoms with Gasteiger partial charge in [-0.15, -0.1) is 0 Å². The number of rotatable bonds is 3. The van der Waals surface area contributed by atoms with Crippen LogP contribution in [-0.2, 0) is 21.1 Å². The van der Waals surface area contributed by atoms with Crippen molar-refractivity contribution in [2.45, 2.75) is 20.3 Å². The monoisotopic (exact) mass is 278 g/mol. The molecule has 1 N–H and O–H groups in total. The van der Waals surface area contributed by atoms with Crippen molar-refractivity contribution in [1.29, 1.82) is 0 Å². The summed E-state index contributed by atoms with van der Waals surface area (Å²) in [5, 5.41) is 4.16. The number of fused-ring (bicyclic) bond motifs is 1. The Morgan fingerprint density at radius 1 is 1.20 bits per heavy atom. The van der Waals surface area contributed by atoms with Gasteiger partial charge in [0.1, 0.15) is 0 Å². The minimum Gasteiger partial charge on any atom is -0.306 e. The molecule has 0 aliphatic carbocycles. The predicted octanol–water partition coefficient (Wildman–Crippen LogP) is 0.168. The summed E-state index contributed by atoms with van der Waals surface area (Å²) in [4.78, 5) is 28.3. The minimum absolute atomic E-state index is 0.340. The number of imidazole rings is 1. The van der Waals surface area contributed by atoms with Crippen LogP contribution in [0.4, 0.5) is 5.95 Å². The number of hydrogen-bond acceptors (Lipinski definition) is 5. The fourth-order valence-corrected chi connectivity index (χ4v) is 1.84. The normalized spacial score (nSPS) is 12.2. The predicted molar refractivity (Wildman–Crippen MR) is 78.2 cm³/mol. The van der Waals surface area contributed by atoms with Gasteiger partial charge in [0.15, 0.2) is 11.2 Å². The van der Waals surface area contributed by atoms with E-state index in [1.165, 1.54) is 11.6 Å². The van der Waals surface area contributed by atoms with E-state index in [9.17, 15) is 9.59 Å². The van der Waals surface area contributed by atoms with Crippen LogP contribution < -0.4 is 16.7 Å². The summed E-state index contributed by atoms with van der Waals surface area (Å²) in [5.41, 5.74) is 3.67. The summed E-state index contributed by atoms with van der Waals surface area (Å²) < 4.78 is 4.01. The number of nitrogens with one attached hydrogen (secondary N) is 1. The molecule has 0 aromatic carbocycles. The van der Waals surface area contributed by atoms with Crippen molar-refractivity contribution in [3.63, 3.8) is 0 Å². The molecule has 8 nitrogen and oxygen atoms in total. The molecule has 2 aromatic rings. The van der Waals surface area contributed by atoms with E-state index in [0.29, 0.717) is 17.1 Å². The van der Waals surface area contributed by atoms with E-state index in [0.717, 1.165) is 16.7 Å². The van der Waals surface area contributed by atoms with Crippen molar-refractivity contribution in [2.75, 3.05) is 5.43 Å². The molecule has 20 heavy (non-hydrogen) atoms. The van der Waals surface area contributed by atoms with Gasteiger partial charge in [0.05, 0.1) is 0 Å². The fraction of sp³-hybridized carbons (Fsp3) is 0.500. The first kappa shape index (κ1) is 14.0. The zero-order chi connectivity index (χ0) is 15.0. The first-order chi connectivity index (χ1) is 9.38. The molecule has 0 fully saturated rings. The second-order valence-corrected chi connectivity index (χ2v) is 4.68. The van der Waals surface area contributed by atoms with Crippen LogP contribution in [0.1, 0.15) is 20.3 Å². The molecule has 2 rings (SSSR count). The lowest BCUT2D eigenvalue weighted by atomic mass is 10.3. The molecule has 0 unspecified atom stereocenters. The van der Waals surface area contributed by atoms with Crippen LogP contribution in [0.15, 0.2) is 14.7 Å². The Labute approximate surface area is 115 Å². The molecular weight excluding hydrogens is 260 g/mol. The van der Waals surface area contributed by atoms with Gasteiger partial charge in [0, 0.05) is 26.9 Å². The van der Waals surface area contributed by atoms with Crippen LogP contribution in [0.5, 0.6) is 0 Å². The molecule has 2 aromatic heterocycles. The Bertz CT molecular complexity index is 808. The van der Waals surface area contributed by atoms with Crippen molar-refractivity contribution < 1.29 is 0 Å². The molecule has 0 saturated heterocycles. The number of hydrogen-bond donors (Lipinski definition) is 1. The quantitative estimate of drug-likeness (QED) is 0.640. The van der Waals surface area contributed by atoms with Gasteiger partial charge in [-0.3, -0.25) is 13.9 Å². The first-order valence-electron chi connectivity index (χ1n) is 6.30. The van der Waals surface area contributed by atoms with Gasteiger partial charge in [0.25, 0.3) is 5.56 Å². The Hall–Kier alpha value is -2.38. The van der Waals surface area contributed by atoms with Crippen molar-refractivity contribution >= 4 is 22.8 Å². The summed E-state index contributed by atoms with van der Waals surface area (Å²) >= 11 is 0. The highest BCUT2D eigenvalue weighted by atomic mass is 16.2. The maximum absolute atomic E-state index is 12.2. The third-order valence-corrected chi connectivity index (χ3v) is 3.33. The van der Waals surface area contributed by atoms with Gasteiger partial charge in [-0.1, -0.05) is 6.92 Å². The topological polar surface area (TPSA) is 86.2 Å². The van der Waals surface area contributed by atoms with E-state index in [-0.39, 0.29) is 5.56 Å². The first-order valence-corrected chi connectivity index (χ1v) is 6.30. The maximum Gasteiger partial charge on any atom is 0.332 e. The summed E-state index contributed by atoms with van der Waals surface area (Å²) in [7, 11) is 4.74. The van der Waals surface area contributed by atoms with E-state index >= 15 is 0 Å². The van der Waals surface area contributed by atoms with Gasteiger partial charge in [-0.2, -0.15) is 10.1 Å². The highest BCUT2D eigenvalue weighted by Gasteiger charge is 2.16. The lowest BCUT2D eigenvalue weighted by molar-refractivity contribution is 0.705. The SMILES string of the molecule is CC/C(C)=N\Nc1nc2c(c(=O)n(C)c(=O)n2C)n1C. The Kier molecular flexibility index (Phi) is 3.47. The number of nitrogens with zero attached hydrogens (tertiary/aromatic N) is 5. The van der Waals surface area contributed by atoms with Gasteiger partial charge >= 0.3 is 5.69 Å². The van der Waals surface area contributed by atoms with Gasteiger partial charge < -0.3 is 4.57 Å². The van der Waals surface area contributed by atoms with E-state index < -0.39 is 5.69 Å². The minimum atomic E-state index is -0.402. The van der Waals surface area contributed by atoms with Gasteiger partial charge in [0.2, 0.25) is 5.95 Å². The average Bonchev–Trinajstić information content (AvgIpc) is 2.77. The van der Waals surface area contributed by atoms with Crippen molar-refractivity contribution in [3.8, 4) is 0 Å². The molecule has 0 aliphatic rings. The van der Waals surface area contributed by atoms with Gasteiger partial charge in [-0.25, -0.2) is 10.2 Å². The van der Waals surface area contributed by atoms with E-state index in [1.54, 1.807) is 18.7 Å². The second-order valence-electron chi connectivity index (χ2n) is 4.68. The molecule has 0 radical (unpaired) electrons. The maximum atomic E-state index is 12.2. The Balaban J connectivity index is 2.71. The Morgan fingerprint density at radius 3 is 2.45 bits per heavy atom. The molecule has 108 valence electrons. The van der Waals surface area contributed by atoms with Crippen LogP contribution in [0.25, 0.3) is 11.2 Å². The fourth-order valence-electron chi connectivity index (χ4n) is 1.84. The smallest absolute Gasteiger partial charge is 0.306 e. The van der Waals surface area contributed by atoms with Crippen LogP contribution in [0.3, 0.4) is 0 Å². The third kappa shape index (κ3) is 2.02. The lowest BCUT2D eigenvalue weighted by Crippen LogP contribution is -2.37. The van der Waals surface area contributed by atoms with E-state index in [2.05, 4.69) is 15.5 Å². The summed E-state index contributed by atoms with van der Waals surface area (Å²) in [5.74, 6) is 0.422. The summed E-state index contributed by atoms with van der Waals surface area (Å²) in [6.45, 7) is 3.89. The zero-order valence-corrected chi connectivity index (χ0v) is 12.3. The summed E-state index contributed by atoms with van der Waals surface area (Å²) in [6, 6.07) is 0. The second kappa shape index (κ2) is 4.95. The Morgan fingerprint density at radius 2 is 1.85 bits per heavy atom. The largest absolute Gasteiger partial charge is 0.332 e. The number of hydrazone groups is 1. The molecule has 0 atom stereocenters. The molecule has 8 heteroatoms. The third-order valence-electron chi connectivity index (χ3n) is 3.33. The summed E-state index contributed by atoms with van der Waals surface area (Å²) in [6.07, 6.45) is 0.817. The molecule has 0 saturated carbocycles. The van der Waals surface area contributed by atoms with Crippen LogP contribution in [0.2, 0.25) is 0 Å². The van der Waals surface area contributed by atoms with Gasteiger partial charge in [-0.05, 0) is 13.3 Å². The van der Waals surface area contributed by atoms with Crippen LogP contribution >= 0.6 is 0 Å². The van der Waals surface area contributed by atoms with Crippen LogP contribution in [0, 0.1) is 0 Å². The van der Waals surface area contributed by atoms with Crippen molar-refractivity contribution in [2.24, 2.45) is 26.2 Å². The number of anilines is 1. The van der Waals surface area contributed by atoms with E-state index in [4.69, 9.17) is 0 Å². The highest BCUT2D eigenvalue weighted by molar-refractivity contribution is 5.82. The highest BCUT2D eigenvalue weighted by Crippen LogP contribution is 2.13. The average molecular weight is 278 g/mol. The van der Waals surface area contributed by atoms with Crippen LogP contribution in [-0.4, -0.2) is 24.4 Å². The van der Waals surface area contributed by atoms with Crippen molar-refractivity contribution in [3.05, 3.63) is 20.8 Å².